The van der Waals surface area contributed by atoms with Crippen LogP contribution in [0, 0.1) is 0 Å². The Labute approximate surface area is 178 Å². The van der Waals surface area contributed by atoms with E-state index in [1.807, 2.05) is 12.3 Å². The number of primary sulfonamides is 1. The van der Waals surface area contributed by atoms with Crippen LogP contribution in [0.1, 0.15) is 42.7 Å². The fraction of sp³-hybridized carbons (Fsp3) is 0.500. The Kier molecular flexibility index (Phi) is 5.85. The van der Waals surface area contributed by atoms with Crippen molar-refractivity contribution in [3.8, 4) is 5.75 Å². The number of likely N-dealkylation sites (N-methyl/N-ethyl adjacent to an activating group) is 1. The van der Waals surface area contributed by atoms with Crippen molar-refractivity contribution >= 4 is 21.3 Å². The average Bonchev–Trinajstić information content (AvgIpc) is 2.87. The molecule has 4 rings (SSSR count). The maximum absolute atomic E-state index is 12.2. The summed E-state index contributed by atoms with van der Waals surface area (Å²) in [6.45, 7) is 1.86. The van der Waals surface area contributed by atoms with E-state index in [1.54, 1.807) is 13.2 Å². The van der Waals surface area contributed by atoms with Crippen LogP contribution in [-0.4, -0.2) is 59.5 Å². The molecular formula is C22H29N3O4S. The zero-order valence-electron chi connectivity index (χ0n) is 17.7. The van der Waals surface area contributed by atoms with Crippen molar-refractivity contribution < 1.29 is 17.9 Å². The molecule has 3 aliphatic rings. The third-order valence-corrected chi connectivity index (χ3v) is 7.30. The minimum Gasteiger partial charge on any atom is -0.495 e. The summed E-state index contributed by atoms with van der Waals surface area (Å²) in [5.74, 6) is 0.571. The SMILES string of the molecule is COc1cc([C@H]2C[C@H](OC)C2)c(C2=CN=C3CCN(C)CC=C3C2)cc1S(N)(=O)=O. The van der Waals surface area contributed by atoms with E-state index in [9.17, 15) is 8.42 Å². The number of benzene rings is 1. The lowest BCUT2D eigenvalue weighted by atomic mass is 9.74. The Hall–Kier alpha value is -2.00. The highest BCUT2D eigenvalue weighted by Gasteiger charge is 2.34. The minimum atomic E-state index is -3.92. The molecule has 0 aromatic heterocycles. The van der Waals surface area contributed by atoms with Crippen LogP contribution >= 0.6 is 0 Å². The lowest BCUT2D eigenvalue weighted by Crippen LogP contribution is -2.29. The van der Waals surface area contributed by atoms with Crippen molar-refractivity contribution in [1.29, 1.82) is 0 Å². The number of nitrogens with two attached hydrogens (primary N) is 1. The van der Waals surface area contributed by atoms with Gasteiger partial charge in [0.2, 0.25) is 10.0 Å². The van der Waals surface area contributed by atoms with Gasteiger partial charge < -0.3 is 14.4 Å². The molecule has 0 bridgehead atoms. The summed E-state index contributed by atoms with van der Waals surface area (Å²) in [4.78, 5) is 7.02. The summed E-state index contributed by atoms with van der Waals surface area (Å²) < 4.78 is 35.3. The number of hydrogen-bond acceptors (Lipinski definition) is 6. The van der Waals surface area contributed by atoms with Crippen molar-refractivity contribution in [3.63, 3.8) is 0 Å². The highest BCUT2D eigenvalue weighted by molar-refractivity contribution is 7.89. The van der Waals surface area contributed by atoms with Crippen LogP contribution in [0.2, 0.25) is 0 Å². The molecule has 2 aliphatic heterocycles. The van der Waals surface area contributed by atoms with Gasteiger partial charge in [-0.1, -0.05) is 6.08 Å². The molecule has 1 aromatic carbocycles. The van der Waals surface area contributed by atoms with Crippen LogP contribution in [0.5, 0.6) is 5.75 Å². The van der Waals surface area contributed by atoms with E-state index in [1.165, 1.54) is 12.7 Å². The van der Waals surface area contributed by atoms with Crippen LogP contribution in [0.15, 0.2) is 39.9 Å². The highest BCUT2D eigenvalue weighted by Crippen LogP contribution is 2.45. The molecule has 1 aromatic rings. The molecule has 162 valence electrons. The fourth-order valence-corrected chi connectivity index (χ4v) is 5.12. The van der Waals surface area contributed by atoms with Gasteiger partial charge in [0.15, 0.2) is 0 Å². The Bertz CT molecular complexity index is 1040. The van der Waals surface area contributed by atoms with Gasteiger partial charge in [0.25, 0.3) is 0 Å². The van der Waals surface area contributed by atoms with Gasteiger partial charge in [-0.3, -0.25) is 4.99 Å². The van der Waals surface area contributed by atoms with Crippen LogP contribution in [0.4, 0.5) is 0 Å². The Morgan fingerprint density at radius 3 is 2.63 bits per heavy atom. The molecule has 0 saturated heterocycles. The number of hydrogen-bond donors (Lipinski definition) is 1. The second kappa shape index (κ2) is 8.26. The van der Waals surface area contributed by atoms with Crippen LogP contribution < -0.4 is 9.88 Å². The molecule has 1 fully saturated rings. The molecule has 0 amide bonds. The van der Waals surface area contributed by atoms with Crippen LogP contribution in [0.3, 0.4) is 0 Å². The zero-order valence-corrected chi connectivity index (χ0v) is 18.5. The Morgan fingerprint density at radius 2 is 1.97 bits per heavy atom. The molecule has 7 nitrogen and oxygen atoms in total. The van der Waals surface area contributed by atoms with E-state index < -0.39 is 10.0 Å². The predicted molar refractivity (Wildman–Crippen MR) is 117 cm³/mol. The van der Waals surface area contributed by atoms with Crippen molar-refractivity contribution in [3.05, 3.63) is 41.1 Å². The summed E-state index contributed by atoms with van der Waals surface area (Å²) in [6.07, 6.45) is 7.80. The summed E-state index contributed by atoms with van der Waals surface area (Å²) >= 11 is 0. The lowest BCUT2D eigenvalue weighted by molar-refractivity contribution is 0.0256. The highest BCUT2D eigenvalue weighted by atomic mass is 32.2. The van der Waals surface area contributed by atoms with E-state index in [-0.39, 0.29) is 22.7 Å². The van der Waals surface area contributed by atoms with E-state index in [0.29, 0.717) is 0 Å². The molecule has 1 aliphatic carbocycles. The topological polar surface area (TPSA) is 94.2 Å². The number of sulfonamides is 1. The molecule has 1 saturated carbocycles. The van der Waals surface area contributed by atoms with Gasteiger partial charge in [0, 0.05) is 45.0 Å². The quantitative estimate of drug-likeness (QED) is 0.774. The second-order valence-electron chi connectivity index (χ2n) is 8.31. The number of allylic oxidation sites excluding steroid dienone is 2. The molecule has 2 N–H and O–H groups in total. The van der Waals surface area contributed by atoms with Gasteiger partial charge in [-0.05, 0) is 60.2 Å². The molecule has 30 heavy (non-hydrogen) atoms. The number of ether oxygens (including phenoxy) is 2. The van der Waals surface area contributed by atoms with Gasteiger partial charge >= 0.3 is 0 Å². The van der Waals surface area contributed by atoms with E-state index in [0.717, 1.165) is 61.2 Å². The summed E-state index contributed by atoms with van der Waals surface area (Å²) in [6, 6.07) is 3.50. The molecule has 0 radical (unpaired) electrons. The van der Waals surface area contributed by atoms with Crippen LogP contribution in [-0.2, 0) is 14.8 Å². The first kappa shape index (κ1) is 21.2. The first-order valence-corrected chi connectivity index (χ1v) is 11.8. The number of nitrogens with zero attached hydrogens (tertiary/aromatic N) is 2. The molecule has 2 heterocycles. The van der Waals surface area contributed by atoms with E-state index in [4.69, 9.17) is 19.6 Å². The van der Waals surface area contributed by atoms with E-state index in [2.05, 4.69) is 18.0 Å². The van der Waals surface area contributed by atoms with Gasteiger partial charge in [-0.2, -0.15) is 0 Å². The summed E-state index contributed by atoms with van der Waals surface area (Å²) in [7, 11) is 1.37. The molecule has 0 unspecified atom stereocenters. The monoisotopic (exact) mass is 431 g/mol. The maximum atomic E-state index is 12.2. The maximum Gasteiger partial charge on any atom is 0.241 e. The smallest absolute Gasteiger partial charge is 0.241 e. The largest absolute Gasteiger partial charge is 0.495 e. The first-order chi connectivity index (χ1) is 14.3. The normalized spacial score (nSPS) is 24.7. The van der Waals surface area contributed by atoms with Crippen molar-refractivity contribution in [2.45, 2.75) is 42.6 Å². The van der Waals surface area contributed by atoms with Crippen molar-refractivity contribution in [1.82, 2.24) is 4.90 Å². The molecular weight excluding hydrogens is 402 g/mol. The lowest BCUT2D eigenvalue weighted by Gasteiger charge is -2.36. The van der Waals surface area contributed by atoms with Crippen molar-refractivity contribution in [2.24, 2.45) is 10.1 Å². The second-order valence-corrected chi connectivity index (χ2v) is 9.84. The summed E-state index contributed by atoms with van der Waals surface area (Å²) in [5, 5.41) is 5.50. The van der Waals surface area contributed by atoms with Gasteiger partial charge in [0.1, 0.15) is 10.6 Å². The first-order valence-electron chi connectivity index (χ1n) is 10.2. The average molecular weight is 432 g/mol. The van der Waals surface area contributed by atoms with E-state index >= 15 is 0 Å². The van der Waals surface area contributed by atoms with Gasteiger partial charge in [-0.25, -0.2) is 13.6 Å². The fourth-order valence-electron chi connectivity index (χ4n) is 4.41. The Morgan fingerprint density at radius 1 is 1.20 bits per heavy atom. The predicted octanol–water partition coefficient (Wildman–Crippen LogP) is 2.68. The van der Waals surface area contributed by atoms with Crippen LogP contribution in [0.25, 0.3) is 5.57 Å². The minimum absolute atomic E-state index is 0.0108. The van der Waals surface area contributed by atoms with Crippen molar-refractivity contribution in [2.75, 3.05) is 34.4 Å². The molecule has 0 atom stereocenters. The third-order valence-electron chi connectivity index (χ3n) is 6.36. The summed E-state index contributed by atoms with van der Waals surface area (Å²) in [5.41, 5.74) is 5.31. The number of methoxy groups -OCH3 is 2. The Balaban J connectivity index is 1.80. The molecule has 8 heteroatoms. The molecule has 0 spiro atoms. The number of fused-ring (bicyclic) bond motifs is 1. The van der Waals surface area contributed by atoms with Gasteiger partial charge in [-0.15, -0.1) is 0 Å². The zero-order chi connectivity index (χ0) is 21.5. The number of rotatable bonds is 5. The third kappa shape index (κ3) is 4.09. The standard InChI is InChI=1S/C22H29N3O4S/c1-25-6-4-14-8-16(13-24-20(14)5-7-25)19-12-22(30(23,26)27)21(29-3)11-18(19)15-9-17(10-15)28-2/h4,11-13,15,17H,5-10H2,1-3H3,(H2,23,26,27)/t15-,17-. The van der Waals surface area contributed by atoms with Gasteiger partial charge in [0.05, 0.1) is 13.2 Å². The number of aliphatic imine (C=N–C) groups is 1.